The van der Waals surface area contributed by atoms with Crippen LogP contribution in [-0.2, 0) is 0 Å². The summed E-state index contributed by atoms with van der Waals surface area (Å²) in [6.45, 7) is 0. The summed E-state index contributed by atoms with van der Waals surface area (Å²) >= 11 is 0. The van der Waals surface area contributed by atoms with Crippen molar-refractivity contribution in [2.24, 2.45) is 0 Å². The van der Waals surface area contributed by atoms with E-state index in [1.165, 1.54) is 5.39 Å². The normalized spacial score (nSPS) is 11.6. The molecule has 0 bridgehead atoms. The molecule has 0 radical (unpaired) electrons. The van der Waals surface area contributed by atoms with Gasteiger partial charge in [-0.05, 0) is 63.0 Å². The number of rotatable bonds is 4. The van der Waals surface area contributed by atoms with Crippen LogP contribution in [0.2, 0.25) is 0 Å². The fourth-order valence-corrected chi connectivity index (χ4v) is 6.31. The van der Waals surface area contributed by atoms with Crippen molar-refractivity contribution in [1.82, 2.24) is 15.0 Å². The summed E-state index contributed by atoms with van der Waals surface area (Å²) in [5, 5.41) is 6.78. The van der Waals surface area contributed by atoms with Crippen molar-refractivity contribution in [2.75, 3.05) is 0 Å². The van der Waals surface area contributed by atoms with Crippen LogP contribution in [-0.4, -0.2) is 15.0 Å². The Bertz CT molecular complexity index is 2550. The van der Waals surface area contributed by atoms with Crippen LogP contribution >= 0.6 is 0 Å². The zero-order chi connectivity index (χ0) is 29.7. The minimum absolute atomic E-state index is 0.641. The predicted octanol–water partition coefficient (Wildman–Crippen LogP) is 10.7. The summed E-state index contributed by atoms with van der Waals surface area (Å²) in [5.74, 6) is 1.93. The molecule has 210 valence electrons. The average Bonchev–Trinajstić information content (AvgIpc) is 3.49. The molecule has 2 aromatic heterocycles. The van der Waals surface area contributed by atoms with Crippen molar-refractivity contribution < 1.29 is 4.42 Å². The van der Waals surface area contributed by atoms with Crippen LogP contribution in [0.5, 0.6) is 0 Å². The largest absolute Gasteiger partial charge is 0.456 e. The summed E-state index contributed by atoms with van der Waals surface area (Å²) in [5.41, 5.74) is 6.87. The summed E-state index contributed by atoms with van der Waals surface area (Å²) in [7, 11) is 0. The molecule has 2 heterocycles. The zero-order valence-corrected chi connectivity index (χ0v) is 24.2. The van der Waals surface area contributed by atoms with E-state index in [4.69, 9.17) is 19.4 Å². The van der Waals surface area contributed by atoms with Crippen LogP contribution in [0.15, 0.2) is 156 Å². The van der Waals surface area contributed by atoms with Gasteiger partial charge in [0.25, 0.3) is 0 Å². The van der Waals surface area contributed by atoms with Gasteiger partial charge in [-0.2, -0.15) is 0 Å². The highest BCUT2D eigenvalue weighted by atomic mass is 16.3. The highest BCUT2D eigenvalue weighted by molar-refractivity contribution is 6.08. The number of nitrogens with zero attached hydrogens (tertiary/aromatic N) is 3. The van der Waals surface area contributed by atoms with Crippen LogP contribution in [0.4, 0.5) is 0 Å². The lowest BCUT2D eigenvalue weighted by atomic mass is 9.94. The van der Waals surface area contributed by atoms with Crippen LogP contribution in [0, 0.1) is 0 Å². The Morgan fingerprint density at radius 2 is 0.933 bits per heavy atom. The molecule has 0 saturated carbocycles. The Morgan fingerprint density at radius 1 is 0.333 bits per heavy atom. The predicted molar refractivity (Wildman–Crippen MR) is 184 cm³/mol. The Labute approximate surface area is 259 Å². The van der Waals surface area contributed by atoms with E-state index >= 15 is 0 Å². The minimum atomic E-state index is 0.641. The molecule has 4 heteroatoms. The van der Waals surface area contributed by atoms with Gasteiger partial charge in [0.2, 0.25) is 0 Å². The number of hydrogen-bond donors (Lipinski definition) is 0. The van der Waals surface area contributed by atoms with Gasteiger partial charge in [0.1, 0.15) is 11.2 Å². The first-order chi connectivity index (χ1) is 22.3. The maximum atomic E-state index is 6.23. The fraction of sp³-hybridized carbons (Fsp3) is 0. The maximum Gasteiger partial charge on any atom is 0.164 e. The van der Waals surface area contributed by atoms with Gasteiger partial charge in [0.15, 0.2) is 17.5 Å². The molecule has 0 saturated heterocycles. The molecule has 9 aromatic rings. The molecular formula is C41H25N3O. The maximum absolute atomic E-state index is 6.23. The van der Waals surface area contributed by atoms with E-state index in [0.717, 1.165) is 65.9 Å². The van der Waals surface area contributed by atoms with Gasteiger partial charge in [0, 0.05) is 27.5 Å². The second-order valence-electron chi connectivity index (χ2n) is 11.2. The third-order valence-corrected chi connectivity index (χ3v) is 8.53. The van der Waals surface area contributed by atoms with E-state index in [1.54, 1.807) is 0 Å². The quantitative estimate of drug-likeness (QED) is 0.209. The van der Waals surface area contributed by atoms with Gasteiger partial charge in [-0.25, -0.2) is 15.0 Å². The first-order valence-corrected chi connectivity index (χ1v) is 15.0. The first-order valence-electron chi connectivity index (χ1n) is 15.0. The zero-order valence-electron chi connectivity index (χ0n) is 24.2. The van der Waals surface area contributed by atoms with E-state index in [2.05, 4.69) is 103 Å². The van der Waals surface area contributed by atoms with Gasteiger partial charge < -0.3 is 4.42 Å². The van der Waals surface area contributed by atoms with E-state index in [0.29, 0.717) is 17.5 Å². The smallest absolute Gasteiger partial charge is 0.164 e. The minimum Gasteiger partial charge on any atom is -0.456 e. The van der Waals surface area contributed by atoms with E-state index in [1.807, 2.05) is 48.5 Å². The van der Waals surface area contributed by atoms with Crippen molar-refractivity contribution in [3.8, 4) is 45.3 Å². The van der Waals surface area contributed by atoms with Crippen molar-refractivity contribution in [3.05, 3.63) is 152 Å². The van der Waals surface area contributed by atoms with Gasteiger partial charge in [-0.1, -0.05) is 121 Å². The van der Waals surface area contributed by atoms with E-state index in [9.17, 15) is 0 Å². The summed E-state index contributed by atoms with van der Waals surface area (Å²) < 4.78 is 6.23. The van der Waals surface area contributed by atoms with E-state index < -0.39 is 0 Å². The molecule has 0 aliphatic rings. The van der Waals surface area contributed by atoms with Crippen LogP contribution in [0.25, 0.3) is 88.8 Å². The number of hydrogen-bond acceptors (Lipinski definition) is 4. The standard InChI is InChI=1S/C41H25N3O/c1-2-11-27(12-3-1)39-42-40(30-19-18-26-10-4-5-13-28(26)24-30)44-41(43-39)36-23-22-31(32-14-6-7-15-33(32)36)29-20-21-35-34-16-8-9-17-37(34)45-38(35)25-29/h1-25H. The Balaban J connectivity index is 1.23. The molecule has 0 spiro atoms. The summed E-state index contributed by atoms with van der Waals surface area (Å²) in [6.07, 6.45) is 0. The van der Waals surface area contributed by atoms with E-state index in [-0.39, 0.29) is 0 Å². The lowest BCUT2D eigenvalue weighted by Crippen LogP contribution is -2.00. The third-order valence-electron chi connectivity index (χ3n) is 8.53. The Hall–Kier alpha value is -6.13. The first kappa shape index (κ1) is 25.4. The van der Waals surface area contributed by atoms with Gasteiger partial charge >= 0.3 is 0 Å². The molecule has 0 atom stereocenters. The lowest BCUT2D eigenvalue weighted by molar-refractivity contribution is 0.669. The average molecular weight is 576 g/mol. The number of benzene rings is 7. The van der Waals surface area contributed by atoms with Crippen molar-refractivity contribution in [1.29, 1.82) is 0 Å². The second kappa shape index (κ2) is 10.2. The molecule has 0 amide bonds. The highest BCUT2D eigenvalue weighted by Gasteiger charge is 2.17. The molecule has 0 aliphatic carbocycles. The Morgan fingerprint density at radius 3 is 1.78 bits per heavy atom. The molecule has 0 fully saturated rings. The molecule has 0 aliphatic heterocycles. The van der Waals surface area contributed by atoms with Crippen molar-refractivity contribution in [3.63, 3.8) is 0 Å². The van der Waals surface area contributed by atoms with Crippen LogP contribution < -0.4 is 0 Å². The van der Waals surface area contributed by atoms with Gasteiger partial charge in [-0.3, -0.25) is 0 Å². The number of fused-ring (bicyclic) bond motifs is 5. The van der Waals surface area contributed by atoms with Gasteiger partial charge in [-0.15, -0.1) is 0 Å². The fourth-order valence-electron chi connectivity index (χ4n) is 6.31. The van der Waals surface area contributed by atoms with Gasteiger partial charge in [0.05, 0.1) is 0 Å². The topological polar surface area (TPSA) is 51.8 Å². The van der Waals surface area contributed by atoms with Crippen LogP contribution in [0.3, 0.4) is 0 Å². The number of para-hydroxylation sites is 1. The molecule has 4 nitrogen and oxygen atoms in total. The SMILES string of the molecule is c1ccc(-c2nc(-c3ccc4ccccc4c3)nc(-c3ccc(-c4ccc5c(c4)oc4ccccc45)c4ccccc34)n2)cc1. The molecule has 0 unspecified atom stereocenters. The monoisotopic (exact) mass is 575 g/mol. The summed E-state index contributed by atoms with van der Waals surface area (Å²) in [4.78, 5) is 15.1. The second-order valence-corrected chi connectivity index (χ2v) is 11.2. The lowest BCUT2D eigenvalue weighted by Gasteiger charge is -2.13. The number of aromatic nitrogens is 3. The molecule has 45 heavy (non-hydrogen) atoms. The van der Waals surface area contributed by atoms with Crippen LogP contribution in [0.1, 0.15) is 0 Å². The van der Waals surface area contributed by atoms with Crippen molar-refractivity contribution in [2.45, 2.75) is 0 Å². The molecular weight excluding hydrogens is 550 g/mol. The third kappa shape index (κ3) is 4.35. The highest BCUT2D eigenvalue weighted by Crippen LogP contribution is 2.38. The Kier molecular flexibility index (Phi) is 5.78. The molecule has 0 N–H and O–H groups in total. The van der Waals surface area contributed by atoms with Crippen molar-refractivity contribution >= 4 is 43.5 Å². The summed E-state index contributed by atoms with van der Waals surface area (Å²) in [6, 6.07) is 52.3. The molecule has 9 rings (SSSR count). The number of furan rings is 1. The molecule has 7 aromatic carbocycles.